The minimum absolute atomic E-state index is 0.0555. The Labute approximate surface area is 297 Å². The normalized spacial score (nSPS) is 16.4. The van der Waals surface area contributed by atoms with Gasteiger partial charge in [-0.1, -0.05) is 11.6 Å². The summed E-state index contributed by atoms with van der Waals surface area (Å²) in [5.74, 6) is -0.160. The van der Waals surface area contributed by atoms with Crippen LogP contribution in [-0.2, 0) is 26.2 Å². The van der Waals surface area contributed by atoms with Crippen molar-refractivity contribution >= 4 is 75.0 Å². The van der Waals surface area contributed by atoms with Crippen LogP contribution in [0, 0.1) is 0 Å². The van der Waals surface area contributed by atoms with E-state index in [2.05, 4.69) is 41.5 Å². The maximum Gasteiger partial charge on any atom is 0.293 e. The van der Waals surface area contributed by atoms with Crippen molar-refractivity contribution in [3.05, 3.63) is 70.1 Å². The number of imide groups is 1. The number of aromatic nitrogens is 3. The van der Waals surface area contributed by atoms with Gasteiger partial charge >= 0.3 is 0 Å². The molecule has 17 heteroatoms. The fourth-order valence-corrected chi connectivity index (χ4v) is 5.91. The SMILES string of the molecule is CNC(=O)COc1cc2cc(Nc3nc(N4CCN(CC(=O)Nc5ccc(NC6CCC(=O)NC6=O)cc5)CC4)ncc3Cl)ccc2n(C)c1=O. The van der Waals surface area contributed by atoms with Gasteiger partial charge in [-0.2, -0.15) is 4.98 Å². The first-order chi connectivity index (χ1) is 24.6. The first kappa shape index (κ1) is 35.1. The maximum atomic E-state index is 12.8. The van der Waals surface area contributed by atoms with Gasteiger partial charge in [0, 0.05) is 69.1 Å². The summed E-state index contributed by atoms with van der Waals surface area (Å²) < 4.78 is 6.92. The van der Waals surface area contributed by atoms with Gasteiger partial charge in [0.2, 0.25) is 23.7 Å². The first-order valence-electron chi connectivity index (χ1n) is 16.3. The van der Waals surface area contributed by atoms with Crippen LogP contribution in [-0.4, -0.2) is 95.5 Å². The third kappa shape index (κ3) is 8.53. The number of amides is 4. The van der Waals surface area contributed by atoms with Gasteiger partial charge in [-0.05, 0) is 55.0 Å². The molecule has 266 valence electrons. The van der Waals surface area contributed by atoms with Crippen molar-refractivity contribution in [3.8, 4) is 5.75 Å². The highest BCUT2D eigenvalue weighted by Gasteiger charge is 2.26. The molecule has 5 N–H and O–H groups in total. The zero-order valence-corrected chi connectivity index (χ0v) is 28.7. The number of hydrogen-bond acceptors (Lipinski definition) is 12. The van der Waals surface area contributed by atoms with E-state index in [-0.39, 0.29) is 54.5 Å². The Morgan fingerprint density at radius 1 is 0.980 bits per heavy atom. The molecule has 2 aromatic heterocycles. The second-order valence-electron chi connectivity index (χ2n) is 12.1. The molecule has 0 spiro atoms. The highest BCUT2D eigenvalue weighted by atomic mass is 35.5. The summed E-state index contributed by atoms with van der Waals surface area (Å²) in [7, 11) is 3.13. The molecule has 2 aromatic carbocycles. The Hall–Kier alpha value is -5.74. The number of nitrogens with zero attached hydrogens (tertiary/aromatic N) is 5. The summed E-state index contributed by atoms with van der Waals surface area (Å²) in [6, 6.07) is 13.6. The van der Waals surface area contributed by atoms with Crippen LogP contribution in [0.15, 0.2) is 59.5 Å². The van der Waals surface area contributed by atoms with Crippen molar-refractivity contribution in [3.63, 3.8) is 0 Å². The number of pyridine rings is 1. The van der Waals surface area contributed by atoms with E-state index in [1.165, 1.54) is 17.8 Å². The topological polar surface area (TPSA) is 192 Å². The number of carbonyl (C=O) groups is 4. The van der Waals surface area contributed by atoms with Gasteiger partial charge in [0.15, 0.2) is 18.2 Å². The number of rotatable bonds is 11. The number of hydrogen-bond donors (Lipinski definition) is 5. The Kier molecular flexibility index (Phi) is 10.6. The van der Waals surface area contributed by atoms with Crippen LogP contribution in [0.3, 0.4) is 0 Å². The molecule has 4 amide bonds. The van der Waals surface area contributed by atoms with Crippen molar-refractivity contribution in [2.24, 2.45) is 7.05 Å². The molecule has 4 heterocycles. The number of nitrogens with one attached hydrogen (secondary N) is 5. The number of anilines is 5. The van der Waals surface area contributed by atoms with Crippen molar-refractivity contribution in [1.29, 1.82) is 0 Å². The molecule has 2 fully saturated rings. The molecule has 0 saturated carbocycles. The highest BCUT2D eigenvalue weighted by molar-refractivity contribution is 6.33. The fraction of sp³-hybridized carbons (Fsp3) is 0.324. The molecule has 1 unspecified atom stereocenters. The molecular formula is C34H37ClN10O6. The van der Waals surface area contributed by atoms with E-state index < -0.39 is 6.04 Å². The van der Waals surface area contributed by atoms with Crippen LogP contribution in [0.5, 0.6) is 5.75 Å². The number of piperidine rings is 1. The molecule has 2 aliphatic heterocycles. The van der Waals surface area contributed by atoms with Gasteiger partial charge < -0.3 is 35.5 Å². The summed E-state index contributed by atoms with van der Waals surface area (Å²) in [4.78, 5) is 73.8. The lowest BCUT2D eigenvalue weighted by Crippen LogP contribution is -2.49. The van der Waals surface area contributed by atoms with E-state index >= 15 is 0 Å². The number of benzene rings is 2. The number of ether oxygens (including phenoxy) is 1. The molecule has 0 aliphatic carbocycles. The van der Waals surface area contributed by atoms with E-state index in [0.29, 0.717) is 77.4 Å². The number of halogens is 1. The van der Waals surface area contributed by atoms with Crippen molar-refractivity contribution in [1.82, 2.24) is 30.1 Å². The Bertz CT molecular complexity index is 2030. The summed E-state index contributed by atoms with van der Waals surface area (Å²) in [6.45, 7) is 2.36. The third-order valence-corrected chi connectivity index (χ3v) is 8.87. The first-order valence-corrected chi connectivity index (χ1v) is 16.7. The Balaban J connectivity index is 1.02. The minimum Gasteiger partial charge on any atom is -0.478 e. The van der Waals surface area contributed by atoms with E-state index in [4.69, 9.17) is 16.3 Å². The number of likely N-dealkylation sites (N-methyl/N-ethyl adjacent to an activating group) is 1. The molecule has 51 heavy (non-hydrogen) atoms. The van der Waals surface area contributed by atoms with Crippen LogP contribution in [0.4, 0.5) is 28.8 Å². The quantitative estimate of drug-likeness (QED) is 0.142. The summed E-state index contributed by atoms with van der Waals surface area (Å²) in [6.07, 6.45) is 2.25. The Morgan fingerprint density at radius 3 is 2.43 bits per heavy atom. The van der Waals surface area contributed by atoms with Crippen LogP contribution in [0.1, 0.15) is 12.8 Å². The lowest BCUT2D eigenvalue weighted by Gasteiger charge is -2.34. The van der Waals surface area contributed by atoms with Crippen molar-refractivity contribution in [2.45, 2.75) is 18.9 Å². The third-order valence-electron chi connectivity index (χ3n) is 8.59. The Morgan fingerprint density at radius 2 is 1.71 bits per heavy atom. The molecule has 2 saturated heterocycles. The molecule has 16 nitrogen and oxygen atoms in total. The molecule has 0 radical (unpaired) electrons. The van der Waals surface area contributed by atoms with Gasteiger partial charge in [-0.3, -0.25) is 34.2 Å². The van der Waals surface area contributed by atoms with Crippen molar-refractivity contribution in [2.75, 3.05) is 67.2 Å². The lowest BCUT2D eigenvalue weighted by molar-refractivity contribution is -0.133. The van der Waals surface area contributed by atoms with Gasteiger partial charge in [0.05, 0.1) is 18.3 Å². The number of piperazine rings is 1. The second-order valence-corrected chi connectivity index (χ2v) is 12.5. The van der Waals surface area contributed by atoms with Crippen LogP contribution < -0.4 is 41.8 Å². The van der Waals surface area contributed by atoms with Crippen molar-refractivity contribution < 1.29 is 23.9 Å². The minimum atomic E-state index is -0.482. The van der Waals surface area contributed by atoms with Crippen LogP contribution in [0.25, 0.3) is 10.9 Å². The fourth-order valence-electron chi connectivity index (χ4n) is 5.78. The van der Waals surface area contributed by atoms with Gasteiger partial charge in [0.25, 0.3) is 11.5 Å². The number of aryl methyl sites for hydroxylation is 1. The van der Waals surface area contributed by atoms with Gasteiger partial charge in [-0.15, -0.1) is 0 Å². The average Bonchev–Trinajstić information content (AvgIpc) is 3.12. The predicted molar refractivity (Wildman–Crippen MR) is 193 cm³/mol. The molecule has 0 bridgehead atoms. The summed E-state index contributed by atoms with van der Waals surface area (Å²) >= 11 is 6.48. The molecule has 6 rings (SSSR count). The second kappa shape index (κ2) is 15.4. The average molecular weight is 717 g/mol. The van der Waals surface area contributed by atoms with E-state index in [1.54, 1.807) is 43.4 Å². The zero-order valence-electron chi connectivity index (χ0n) is 28.0. The predicted octanol–water partition coefficient (Wildman–Crippen LogP) is 1.83. The van der Waals surface area contributed by atoms with E-state index in [1.807, 2.05) is 17.0 Å². The highest BCUT2D eigenvalue weighted by Crippen LogP contribution is 2.28. The summed E-state index contributed by atoms with van der Waals surface area (Å²) in [5.41, 5.74) is 2.33. The maximum absolute atomic E-state index is 12.8. The smallest absolute Gasteiger partial charge is 0.293 e. The number of carbonyl (C=O) groups excluding carboxylic acids is 4. The van der Waals surface area contributed by atoms with E-state index in [9.17, 15) is 24.0 Å². The van der Waals surface area contributed by atoms with E-state index in [0.717, 1.165) is 0 Å². The lowest BCUT2D eigenvalue weighted by atomic mass is 10.1. The molecule has 2 aliphatic rings. The zero-order chi connectivity index (χ0) is 36.1. The van der Waals surface area contributed by atoms with Crippen LogP contribution in [0.2, 0.25) is 5.02 Å². The van der Waals surface area contributed by atoms with Crippen LogP contribution >= 0.6 is 11.6 Å². The van der Waals surface area contributed by atoms with Gasteiger partial charge in [0.1, 0.15) is 11.1 Å². The molecule has 1 atom stereocenters. The monoisotopic (exact) mass is 716 g/mol. The number of fused-ring (bicyclic) bond motifs is 1. The largest absolute Gasteiger partial charge is 0.478 e. The molecule has 4 aromatic rings. The van der Waals surface area contributed by atoms with Gasteiger partial charge in [-0.25, -0.2) is 4.98 Å². The standard InChI is InChI=1S/C34H37ClN10O6/c1-36-30(48)19-51-27-16-20-15-23(7-9-26(20)43(2)33(27)50)40-31-24(35)17-37-34(42-31)45-13-11-44(12-14-45)18-29(47)39-22-5-3-21(4-6-22)38-25-8-10-28(46)41-32(25)49/h3-7,9,15-17,25,38H,8,10-14,18-19H2,1-2H3,(H,36,48)(H,39,47)(H,37,40,42)(H,41,46,49). The molecular weight excluding hydrogens is 680 g/mol. The summed E-state index contributed by atoms with van der Waals surface area (Å²) in [5, 5.41) is 15.1.